The van der Waals surface area contributed by atoms with Gasteiger partial charge in [-0.05, 0) is 154 Å². The van der Waals surface area contributed by atoms with Gasteiger partial charge in [-0.3, -0.25) is 0 Å². The largest absolute Gasteiger partial charge is 0.311 e. The van der Waals surface area contributed by atoms with Crippen LogP contribution < -0.4 is 14.7 Å². The lowest BCUT2D eigenvalue weighted by Gasteiger charge is -2.39. The molecule has 0 heterocycles. The van der Waals surface area contributed by atoms with Crippen molar-refractivity contribution in [3.05, 3.63) is 308 Å². The Labute approximate surface area is 453 Å². The zero-order valence-corrected chi connectivity index (χ0v) is 43.2. The number of hydrogen-bond donors (Lipinski definition) is 0. The predicted octanol–water partition coefficient (Wildman–Crippen LogP) is 21.0. The van der Waals surface area contributed by atoms with Gasteiger partial charge >= 0.3 is 0 Å². The van der Waals surface area contributed by atoms with Gasteiger partial charge in [0, 0.05) is 56.0 Å². The van der Waals surface area contributed by atoms with Crippen LogP contribution in [-0.4, -0.2) is 0 Å². The van der Waals surface area contributed by atoms with Crippen LogP contribution in [0.1, 0.15) is 43.2 Å². The molecule has 1 aliphatic carbocycles. The molecule has 0 spiro atoms. The van der Waals surface area contributed by atoms with Crippen LogP contribution in [-0.2, 0) is 5.41 Å². The molecule has 0 aromatic heterocycles. The second-order valence-corrected chi connectivity index (χ2v) is 20.4. The number of nitrogens with zero attached hydrogens (tertiary/aromatic N) is 3. The van der Waals surface area contributed by atoms with Crippen LogP contribution in [0.5, 0.6) is 0 Å². The van der Waals surface area contributed by atoms with E-state index < -0.39 is 0 Å². The van der Waals surface area contributed by atoms with Gasteiger partial charge < -0.3 is 14.7 Å². The van der Waals surface area contributed by atoms with Crippen LogP contribution in [0.25, 0.3) is 43.8 Å². The number of fused-ring (bicyclic) bond motifs is 2. The van der Waals surface area contributed by atoms with E-state index >= 15 is 0 Å². The van der Waals surface area contributed by atoms with Gasteiger partial charge in [0.05, 0.1) is 11.4 Å². The highest BCUT2D eigenvalue weighted by molar-refractivity contribution is 6.00. The minimum atomic E-state index is -0.0633. The van der Waals surface area contributed by atoms with E-state index in [1.807, 2.05) is 0 Å². The second-order valence-electron chi connectivity index (χ2n) is 20.4. The van der Waals surface area contributed by atoms with Crippen molar-refractivity contribution in [2.45, 2.75) is 37.5 Å². The Balaban J connectivity index is 0.763. The highest BCUT2D eigenvalue weighted by Gasteiger charge is 2.36. The van der Waals surface area contributed by atoms with Crippen molar-refractivity contribution >= 4 is 72.7 Å². The van der Waals surface area contributed by atoms with Crippen molar-refractivity contribution in [2.24, 2.45) is 0 Å². The number of benzene rings is 12. The summed E-state index contributed by atoms with van der Waals surface area (Å²) in [6.07, 6.45) is 5.98. The maximum atomic E-state index is 2.41. The summed E-state index contributed by atoms with van der Waals surface area (Å²) < 4.78 is 0. The normalized spacial score (nSPS) is 13.0. The van der Waals surface area contributed by atoms with Crippen LogP contribution in [0.15, 0.2) is 297 Å². The molecule has 0 atom stereocenters. The molecule has 1 fully saturated rings. The summed E-state index contributed by atoms with van der Waals surface area (Å²) in [6.45, 7) is 0. The molecular weight excluding hydrogens is 931 g/mol. The van der Waals surface area contributed by atoms with Crippen molar-refractivity contribution in [1.82, 2.24) is 0 Å². The average molecular weight is 990 g/mol. The van der Waals surface area contributed by atoms with Crippen LogP contribution in [0.3, 0.4) is 0 Å². The fourth-order valence-electron chi connectivity index (χ4n) is 12.1. The third kappa shape index (κ3) is 9.32. The Bertz CT molecular complexity index is 3900. The smallest absolute Gasteiger partial charge is 0.0540 e. The van der Waals surface area contributed by atoms with E-state index in [2.05, 4.69) is 312 Å². The Hall–Kier alpha value is -9.44. The maximum Gasteiger partial charge on any atom is 0.0540 e. The Kier molecular flexibility index (Phi) is 12.9. The van der Waals surface area contributed by atoms with Gasteiger partial charge in [-0.25, -0.2) is 0 Å². The van der Waals surface area contributed by atoms with Gasteiger partial charge in [0.2, 0.25) is 0 Å². The van der Waals surface area contributed by atoms with Gasteiger partial charge in [0.15, 0.2) is 0 Å². The van der Waals surface area contributed by atoms with E-state index in [9.17, 15) is 0 Å². The lowest BCUT2D eigenvalue weighted by molar-refractivity contribution is 0.346. The molecule has 0 N–H and O–H groups in total. The van der Waals surface area contributed by atoms with Gasteiger partial charge in [-0.15, -0.1) is 0 Å². The first-order chi connectivity index (χ1) is 38.2. The number of anilines is 9. The first kappa shape index (κ1) is 47.3. The summed E-state index contributed by atoms with van der Waals surface area (Å²) in [5.41, 5.74) is 17.7. The number of hydrogen-bond acceptors (Lipinski definition) is 3. The quantitative estimate of drug-likeness (QED) is 0.114. The topological polar surface area (TPSA) is 9.72 Å². The second kappa shape index (κ2) is 21.1. The fraction of sp³-hybridized carbons (Fsp3) is 0.0811. The molecule has 0 radical (unpaired) electrons. The zero-order chi connectivity index (χ0) is 51.4. The monoisotopic (exact) mass is 989 g/mol. The molecular formula is C74H59N3. The first-order valence-corrected chi connectivity index (χ1v) is 27.2. The summed E-state index contributed by atoms with van der Waals surface area (Å²) in [7, 11) is 0. The summed E-state index contributed by atoms with van der Waals surface area (Å²) in [5, 5.41) is 4.92. The molecule has 0 amide bonds. The summed E-state index contributed by atoms with van der Waals surface area (Å²) in [5.74, 6) is 0. The standard InChI is InChI=1S/C74H59N3/c1-5-23-63(24-6-1)75(66-45-37-57(38-46-66)55-33-35-56(36-34-55)58-39-47-68(48-40-58)76(64-25-7-2-8-26-64)72-31-17-21-59-19-11-13-29-70(59)72)67-49-41-61(42-50-67)74(53-15-4-16-54-74)62-43-51-69(52-44-62)77(65-27-9-3-10-28-65)73-32-18-22-60-20-12-14-30-71(60)73/h1-3,5-14,17-52H,4,15-16,53-54H2. The maximum absolute atomic E-state index is 2.41. The molecule has 0 aliphatic heterocycles. The minimum Gasteiger partial charge on any atom is -0.311 e. The molecule has 1 aliphatic rings. The van der Waals surface area contributed by atoms with Crippen molar-refractivity contribution < 1.29 is 0 Å². The summed E-state index contributed by atoms with van der Waals surface area (Å²) in [6, 6.07) is 109. The molecule has 12 aromatic rings. The van der Waals surface area contributed by atoms with Crippen molar-refractivity contribution in [3.8, 4) is 22.3 Å². The summed E-state index contributed by atoms with van der Waals surface area (Å²) in [4.78, 5) is 7.14. The van der Waals surface area contributed by atoms with Crippen LogP contribution >= 0.6 is 0 Å². The van der Waals surface area contributed by atoms with Crippen molar-refractivity contribution in [2.75, 3.05) is 14.7 Å². The highest BCUT2D eigenvalue weighted by Crippen LogP contribution is 2.48. The van der Waals surface area contributed by atoms with E-state index in [0.717, 1.165) is 58.3 Å². The lowest BCUT2D eigenvalue weighted by atomic mass is 9.65. The van der Waals surface area contributed by atoms with Crippen LogP contribution in [0.2, 0.25) is 0 Å². The number of rotatable bonds is 13. The average Bonchev–Trinajstić information content (AvgIpc) is 3.51. The van der Waals surface area contributed by atoms with Crippen LogP contribution in [0, 0.1) is 0 Å². The van der Waals surface area contributed by atoms with E-state index in [4.69, 9.17) is 0 Å². The van der Waals surface area contributed by atoms with Gasteiger partial charge in [0.1, 0.15) is 0 Å². The van der Waals surface area contributed by atoms with Gasteiger partial charge in [-0.2, -0.15) is 0 Å². The van der Waals surface area contributed by atoms with E-state index in [-0.39, 0.29) is 5.41 Å². The number of para-hydroxylation sites is 3. The third-order valence-electron chi connectivity index (χ3n) is 15.9. The molecule has 370 valence electrons. The molecule has 12 aromatic carbocycles. The molecule has 0 saturated heterocycles. The molecule has 13 rings (SSSR count). The molecule has 0 unspecified atom stereocenters. The highest BCUT2D eigenvalue weighted by atomic mass is 15.2. The molecule has 1 saturated carbocycles. The predicted molar refractivity (Wildman–Crippen MR) is 327 cm³/mol. The molecule has 77 heavy (non-hydrogen) atoms. The van der Waals surface area contributed by atoms with Crippen molar-refractivity contribution in [3.63, 3.8) is 0 Å². The minimum absolute atomic E-state index is 0.0633. The van der Waals surface area contributed by atoms with Crippen LogP contribution in [0.4, 0.5) is 51.2 Å². The molecule has 3 nitrogen and oxygen atoms in total. The van der Waals surface area contributed by atoms with Crippen molar-refractivity contribution in [1.29, 1.82) is 0 Å². The third-order valence-corrected chi connectivity index (χ3v) is 15.9. The zero-order valence-electron chi connectivity index (χ0n) is 43.2. The first-order valence-electron chi connectivity index (χ1n) is 27.2. The van der Waals surface area contributed by atoms with Gasteiger partial charge in [0.25, 0.3) is 0 Å². The van der Waals surface area contributed by atoms with Gasteiger partial charge in [-0.1, -0.05) is 219 Å². The summed E-state index contributed by atoms with van der Waals surface area (Å²) >= 11 is 0. The lowest BCUT2D eigenvalue weighted by Crippen LogP contribution is -2.30. The Morgan fingerprint density at radius 2 is 0.506 bits per heavy atom. The molecule has 0 bridgehead atoms. The Morgan fingerprint density at radius 3 is 0.896 bits per heavy atom. The van der Waals surface area contributed by atoms with E-state index in [1.165, 1.54) is 79.9 Å². The Morgan fingerprint density at radius 1 is 0.221 bits per heavy atom. The fourth-order valence-corrected chi connectivity index (χ4v) is 12.1. The van der Waals surface area contributed by atoms with E-state index in [1.54, 1.807) is 0 Å². The van der Waals surface area contributed by atoms with E-state index in [0.29, 0.717) is 0 Å². The molecule has 3 heteroatoms. The SMILES string of the molecule is c1ccc(N(c2ccc(-c3ccc(-c4ccc(N(c5ccccc5)c5cccc6ccccc56)cc4)cc3)cc2)c2ccc(C3(c4ccc(N(c5ccccc5)c5cccc6ccccc56)cc4)CCCCC3)cc2)cc1.